The van der Waals surface area contributed by atoms with Gasteiger partial charge in [-0.25, -0.2) is 9.59 Å². The van der Waals surface area contributed by atoms with Crippen LogP contribution in [0.3, 0.4) is 0 Å². The second-order valence-electron chi connectivity index (χ2n) is 6.89. The number of anilines is 1. The number of thiophene rings is 1. The molecule has 0 radical (unpaired) electrons. The SMILES string of the molecule is COC(=O)c1c(NC(=O)c2cc3c(ccc4ccccc43)oc2=O)sc2ccccc12. The fourth-order valence-electron chi connectivity index (χ4n) is 3.64. The predicted molar refractivity (Wildman–Crippen MR) is 121 cm³/mol. The van der Waals surface area contributed by atoms with Crippen molar-refractivity contribution in [3.8, 4) is 0 Å². The molecule has 0 saturated carbocycles. The van der Waals surface area contributed by atoms with Crippen molar-refractivity contribution in [1.29, 1.82) is 0 Å². The van der Waals surface area contributed by atoms with E-state index in [0.29, 0.717) is 21.4 Å². The van der Waals surface area contributed by atoms with Crippen LogP contribution in [-0.2, 0) is 4.74 Å². The van der Waals surface area contributed by atoms with Gasteiger partial charge in [0.05, 0.1) is 7.11 Å². The first-order valence-corrected chi connectivity index (χ1v) is 10.3. The number of esters is 1. The summed E-state index contributed by atoms with van der Waals surface area (Å²) >= 11 is 1.24. The average Bonchev–Trinajstić information content (AvgIpc) is 3.15. The Bertz CT molecular complexity index is 1560. The second-order valence-corrected chi connectivity index (χ2v) is 7.95. The molecule has 0 fully saturated rings. The van der Waals surface area contributed by atoms with Crippen LogP contribution in [-0.4, -0.2) is 19.0 Å². The molecule has 0 bridgehead atoms. The molecular weight excluding hydrogens is 414 g/mol. The number of rotatable bonds is 3. The number of methoxy groups -OCH3 is 1. The molecule has 3 aromatic carbocycles. The van der Waals surface area contributed by atoms with E-state index >= 15 is 0 Å². The van der Waals surface area contributed by atoms with Gasteiger partial charge in [-0.2, -0.15) is 0 Å². The summed E-state index contributed by atoms with van der Waals surface area (Å²) in [6.07, 6.45) is 0. The number of nitrogens with one attached hydrogen (secondary N) is 1. The molecule has 152 valence electrons. The van der Waals surface area contributed by atoms with E-state index in [1.807, 2.05) is 42.5 Å². The van der Waals surface area contributed by atoms with Gasteiger partial charge in [0.25, 0.3) is 5.91 Å². The van der Waals surface area contributed by atoms with Crippen LogP contribution in [0.5, 0.6) is 0 Å². The minimum atomic E-state index is -0.749. The van der Waals surface area contributed by atoms with Crippen molar-refractivity contribution in [3.63, 3.8) is 0 Å². The number of amides is 1. The van der Waals surface area contributed by atoms with Crippen molar-refractivity contribution >= 4 is 60.0 Å². The van der Waals surface area contributed by atoms with E-state index < -0.39 is 17.5 Å². The van der Waals surface area contributed by atoms with Crippen molar-refractivity contribution in [2.45, 2.75) is 0 Å². The molecule has 6 nitrogen and oxygen atoms in total. The molecule has 1 amide bonds. The summed E-state index contributed by atoms with van der Waals surface area (Å²) in [6, 6.07) is 20.0. The Morgan fingerprint density at radius 3 is 2.48 bits per heavy atom. The van der Waals surface area contributed by atoms with E-state index in [2.05, 4.69) is 5.32 Å². The van der Waals surface area contributed by atoms with Crippen LogP contribution < -0.4 is 10.9 Å². The first kappa shape index (κ1) is 19.0. The zero-order chi connectivity index (χ0) is 21.5. The predicted octanol–water partition coefficient (Wildman–Crippen LogP) is 5.20. The maximum atomic E-state index is 13.0. The van der Waals surface area contributed by atoms with Gasteiger partial charge >= 0.3 is 11.6 Å². The van der Waals surface area contributed by atoms with Crippen LogP contribution in [0.2, 0.25) is 0 Å². The van der Waals surface area contributed by atoms with Crippen molar-refractivity contribution in [2.75, 3.05) is 12.4 Å². The molecule has 5 aromatic rings. The molecule has 0 spiro atoms. The Labute approximate surface area is 179 Å². The van der Waals surface area contributed by atoms with Crippen molar-refractivity contribution < 1.29 is 18.7 Å². The Kier molecular flexibility index (Phi) is 4.52. The Hall–Kier alpha value is -3.97. The number of hydrogen-bond acceptors (Lipinski definition) is 6. The van der Waals surface area contributed by atoms with Gasteiger partial charge in [-0.15, -0.1) is 11.3 Å². The Morgan fingerprint density at radius 2 is 1.68 bits per heavy atom. The highest BCUT2D eigenvalue weighted by molar-refractivity contribution is 7.23. The largest absolute Gasteiger partial charge is 0.465 e. The highest BCUT2D eigenvalue weighted by Crippen LogP contribution is 2.36. The summed E-state index contributed by atoms with van der Waals surface area (Å²) < 4.78 is 11.1. The first-order valence-electron chi connectivity index (χ1n) is 9.43. The smallest absolute Gasteiger partial charge is 0.349 e. The van der Waals surface area contributed by atoms with E-state index in [4.69, 9.17) is 9.15 Å². The first-order chi connectivity index (χ1) is 15.1. The summed E-state index contributed by atoms with van der Waals surface area (Å²) in [7, 11) is 1.28. The van der Waals surface area contributed by atoms with E-state index in [9.17, 15) is 14.4 Å². The van der Waals surface area contributed by atoms with Crippen molar-refractivity contribution in [3.05, 3.63) is 88.3 Å². The van der Waals surface area contributed by atoms with E-state index in [1.54, 1.807) is 18.2 Å². The van der Waals surface area contributed by atoms with Crippen LogP contribution in [0, 0.1) is 0 Å². The molecule has 1 N–H and O–H groups in total. The number of fused-ring (bicyclic) bond motifs is 4. The molecule has 0 unspecified atom stereocenters. The third-order valence-electron chi connectivity index (χ3n) is 5.10. The van der Waals surface area contributed by atoms with Crippen molar-refractivity contribution in [2.24, 2.45) is 0 Å². The molecule has 0 aliphatic heterocycles. The minimum Gasteiger partial charge on any atom is -0.465 e. The number of hydrogen-bond donors (Lipinski definition) is 1. The second kappa shape index (κ2) is 7.37. The number of carbonyl (C=O) groups excluding carboxylic acids is 2. The monoisotopic (exact) mass is 429 g/mol. The molecule has 0 saturated heterocycles. The lowest BCUT2D eigenvalue weighted by atomic mass is 10.0. The molecule has 5 rings (SSSR count). The lowest BCUT2D eigenvalue weighted by molar-refractivity contribution is 0.0604. The Morgan fingerprint density at radius 1 is 0.935 bits per heavy atom. The minimum absolute atomic E-state index is 0.142. The van der Waals surface area contributed by atoms with Crippen LogP contribution in [0.25, 0.3) is 31.8 Å². The normalized spacial score (nSPS) is 11.1. The standard InChI is InChI=1S/C24H15NO5S/c1-29-24(28)20-15-8-4-5-9-19(15)31-22(20)25-21(26)17-12-16-14-7-3-2-6-13(14)10-11-18(16)30-23(17)27/h2-12H,1H3,(H,25,26). The van der Waals surface area contributed by atoms with Gasteiger partial charge in [0.1, 0.15) is 21.7 Å². The molecule has 2 aromatic heterocycles. The maximum Gasteiger partial charge on any atom is 0.349 e. The lowest BCUT2D eigenvalue weighted by Crippen LogP contribution is -2.21. The fourth-order valence-corrected chi connectivity index (χ4v) is 4.72. The van der Waals surface area contributed by atoms with Gasteiger partial charge in [-0.05, 0) is 29.0 Å². The fraction of sp³-hybridized carbons (Fsp3) is 0.0417. The van der Waals surface area contributed by atoms with Gasteiger partial charge in [0.15, 0.2) is 0 Å². The zero-order valence-corrected chi connectivity index (χ0v) is 17.1. The van der Waals surface area contributed by atoms with E-state index in [0.717, 1.165) is 15.5 Å². The maximum absolute atomic E-state index is 13.0. The summed E-state index contributed by atoms with van der Waals surface area (Å²) in [5.41, 5.74) is -0.234. The molecule has 0 aliphatic carbocycles. The quantitative estimate of drug-likeness (QED) is 0.242. The van der Waals surface area contributed by atoms with Crippen LogP contribution >= 0.6 is 11.3 Å². The van der Waals surface area contributed by atoms with E-state index in [-0.39, 0.29) is 11.1 Å². The van der Waals surface area contributed by atoms with Crippen LogP contribution in [0.15, 0.2) is 75.9 Å². The third kappa shape index (κ3) is 3.15. The van der Waals surface area contributed by atoms with Crippen molar-refractivity contribution in [1.82, 2.24) is 0 Å². The summed E-state index contributed by atoms with van der Waals surface area (Å²) in [6.45, 7) is 0. The lowest BCUT2D eigenvalue weighted by Gasteiger charge is -2.07. The topological polar surface area (TPSA) is 85.6 Å². The van der Waals surface area contributed by atoms with Gasteiger partial charge in [-0.3, -0.25) is 4.79 Å². The van der Waals surface area contributed by atoms with Crippen LogP contribution in [0.1, 0.15) is 20.7 Å². The van der Waals surface area contributed by atoms with Crippen LogP contribution in [0.4, 0.5) is 5.00 Å². The molecule has 31 heavy (non-hydrogen) atoms. The van der Waals surface area contributed by atoms with Gasteiger partial charge in [0.2, 0.25) is 0 Å². The number of benzene rings is 3. The average molecular weight is 429 g/mol. The number of carbonyl (C=O) groups is 2. The van der Waals surface area contributed by atoms with Gasteiger partial charge < -0.3 is 14.5 Å². The highest BCUT2D eigenvalue weighted by atomic mass is 32.1. The molecular formula is C24H15NO5S. The van der Waals surface area contributed by atoms with Gasteiger partial charge in [0, 0.05) is 15.5 Å². The van der Waals surface area contributed by atoms with E-state index in [1.165, 1.54) is 24.5 Å². The molecule has 0 atom stereocenters. The third-order valence-corrected chi connectivity index (χ3v) is 6.18. The molecule has 2 heterocycles. The summed E-state index contributed by atoms with van der Waals surface area (Å²) in [4.78, 5) is 37.9. The van der Waals surface area contributed by atoms with Gasteiger partial charge in [-0.1, -0.05) is 48.5 Å². The summed E-state index contributed by atoms with van der Waals surface area (Å²) in [5, 5.41) is 6.19. The molecule has 0 aliphatic rings. The Balaban J connectivity index is 1.63. The highest BCUT2D eigenvalue weighted by Gasteiger charge is 2.23. The molecule has 7 heteroatoms. The number of ether oxygens (including phenoxy) is 1. The summed E-state index contributed by atoms with van der Waals surface area (Å²) in [5.74, 6) is -1.22. The zero-order valence-electron chi connectivity index (χ0n) is 16.3.